The minimum absolute atomic E-state index is 0.0785. The van der Waals surface area contributed by atoms with E-state index < -0.39 is 0 Å². The Balaban J connectivity index is 4.34. The Labute approximate surface area is 66.9 Å². The predicted molar refractivity (Wildman–Crippen MR) is 44.1 cm³/mol. The Bertz CT molecular complexity index is 161. The van der Waals surface area contributed by atoms with Crippen molar-refractivity contribution in [2.24, 2.45) is 10.5 Å². The Kier molecular flexibility index (Phi) is 3.93. The quantitative estimate of drug-likeness (QED) is 0.379. The van der Waals surface area contributed by atoms with Gasteiger partial charge in [0.15, 0.2) is 0 Å². The zero-order chi connectivity index (χ0) is 8.91. The molecule has 0 aliphatic carbocycles. The Morgan fingerprint density at radius 3 is 2.45 bits per heavy atom. The summed E-state index contributed by atoms with van der Waals surface area (Å²) < 4.78 is 0. The van der Waals surface area contributed by atoms with E-state index in [4.69, 9.17) is 10.6 Å². The predicted octanol–water partition coefficient (Wildman–Crippen LogP) is 2.09. The molecule has 1 atom stereocenters. The highest BCUT2D eigenvalue weighted by atomic mass is 16.3. The van der Waals surface area contributed by atoms with Gasteiger partial charge in [0.2, 0.25) is 0 Å². The number of hydrogen-bond acceptors (Lipinski definition) is 2. The number of hydrogen-bond donors (Lipinski definition) is 1. The Morgan fingerprint density at radius 1 is 1.64 bits per heavy atom. The number of aliphatic hydroxyl groups is 1. The monoisotopic (exact) mass is 157 g/mol. The summed E-state index contributed by atoms with van der Waals surface area (Å²) in [5.41, 5.74) is 8.06. The third-order valence-electron chi connectivity index (χ3n) is 2.18. The van der Waals surface area contributed by atoms with Gasteiger partial charge in [-0.3, -0.25) is 0 Å². The van der Waals surface area contributed by atoms with Gasteiger partial charge in [-0.1, -0.05) is 32.3 Å². The normalized spacial score (nSPS) is 13.8. The van der Waals surface area contributed by atoms with Crippen LogP contribution in [-0.4, -0.2) is 17.8 Å². The SMILES string of the molecule is CCC(C)(C)C(CO)N=[N+]=[N-]. The van der Waals surface area contributed by atoms with Gasteiger partial charge in [-0.2, -0.15) is 0 Å². The van der Waals surface area contributed by atoms with Crippen LogP contribution >= 0.6 is 0 Å². The molecule has 11 heavy (non-hydrogen) atoms. The lowest BCUT2D eigenvalue weighted by molar-refractivity contribution is 0.171. The van der Waals surface area contributed by atoms with Crippen LogP contribution in [0.25, 0.3) is 10.4 Å². The molecule has 4 nitrogen and oxygen atoms in total. The maximum atomic E-state index is 8.86. The minimum atomic E-state index is -0.308. The molecule has 0 aliphatic heterocycles. The van der Waals surface area contributed by atoms with Crippen LogP contribution in [0.2, 0.25) is 0 Å². The van der Waals surface area contributed by atoms with E-state index in [1.165, 1.54) is 0 Å². The van der Waals surface area contributed by atoms with Gasteiger partial charge < -0.3 is 5.11 Å². The number of aliphatic hydroxyl groups excluding tert-OH is 1. The van der Waals surface area contributed by atoms with Crippen LogP contribution in [0.4, 0.5) is 0 Å². The first kappa shape index (κ1) is 10.3. The van der Waals surface area contributed by atoms with Crippen LogP contribution in [0.3, 0.4) is 0 Å². The molecule has 0 amide bonds. The average Bonchev–Trinajstić information content (AvgIpc) is 2.00. The van der Waals surface area contributed by atoms with Gasteiger partial charge in [-0.15, -0.1) is 0 Å². The molecule has 0 aliphatic rings. The fraction of sp³-hybridized carbons (Fsp3) is 1.00. The summed E-state index contributed by atoms with van der Waals surface area (Å²) in [6.07, 6.45) is 0.886. The summed E-state index contributed by atoms with van der Waals surface area (Å²) >= 11 is 0. The zero-order valence-corrected chi connectivity index (χ0v) is 7.28. The molecular weight excluding hydrogens is 142 g/mol. The second-order valence-electron chi connectivity index (χ2n) is 3.25. The van der Waals surface area contributed by atoms with Crippen LogP contribution in [0.5, 0.6) is 0 Å². The summed E-state index contributed by atoms with van der Waals surface area (Å²) in [6.45, 7) is 5.88. The van der Waals surface area contributed by atoms with Gasteiger partial charge in [0, 0.05) is 4.91 Å². The molecule has 64 valence electrons. The summed E-state index contributed by atoms with van der Waals surface area (Å²) in [7, 11) is 0. The molecule has 0 aromatic carbocycles. The average molecular weight is 157 g/mol. The lowest BCUT2D eigenvalue weighted by atomic mass is 9.83. The molecule has 0 aromatic heterocycles. The van der Waals surface area contributed by atoms with Crippen molar-refractivity contribution in [2.45, 2.75) is 33.2 Å². The topological polar surface area (TPSA) is 69.0 Å². The van der Waals surface area contributed by atoms with E-state index in [0.29, 0.717) is 0 Å². The van der Waals surface area contributed by atoms with E-state index in [1.807, 2.05) is 20.8 Å². The molecule has 0 saturated carbocycles. The van der Waals surface area contributed by atoms with Crippen LogP contribution in [0.15, 0.2) is 5.11 Å². The van der Waals surface area contributed by atoms with E-state index in [1.54, 1.807) is 0 Å². The molecule has 0 fully saturated rings. The fourth-order valence-corrected chi connectivity index (χ4v) is 0.738. The van der Waals surface area contributed by atoms with Crippen LogP contribution in [0.1, 0.15) is 27.2 Å². The van der Waals surface area contributed by atoms with Gasteiger partial charge in [0.05, 0.1) is 12.6 Å². The zero-order valence-electron chi connectivity index (χ0n) is 7.28. The highest BCUT2D eigenvalue weighted by Gasteiger charge is 2.25. The van der Waals surface area contributed by atoms with Crippen molar-refractivity contribution < 1.29 is 5.11 Å². The highest BCUT2D eigenvalue weighted by Crippen LogP contribution is 2.26. The molecule has 0 bridgehead atoms. The Hall–Kier alpha value is -0.730. The summed E-state index contributed by atoms with van der Waals surface area (Å²) in [5.74, 6) is 0. The minimum Gasteiger partial charge on any atom is -0.396 e. The van der Waals surface area contributed by atoms with Crippen LogP contribution in [0, 0.1) is 5.41 Å². The first-order valence-corrected chi connectivity index (χ1v) is 3.73. The molecule has 0 saturated heterocycles. The standard InChI is InChI=1S/C7H15N3O/c1-4-7(2,3)6(5-11)9-10-8/h6,11H,4-5H2,1-3H3. The largest absolute Gasteiger partial charge is 0.396 e. The van der Waals surface area contributed by atoms with E-state index >= 15 is 0 Å². The smallest absolute Gasteiger partial charge is 0.0656 e. The molecule has 4 heteroatoms. The second-order valence-corrected chi connectivity index (χ2v) is 3.25. The van der Waals surface area contributed by atoms with Gasteiger partial charge in [0.1, 0.15) is 0 Å². The third kappa shape index (κ3) is 2.78. The lowest BCUT2D eigenvalue weighted by Crippen LogP contribution is -2.29. The van der Waals surface area contributed by atoms with E-state index in [0.717, 1.165) is 6.42 Å². The molecule has 0 spiro atoms. The van der Waals surface area contributed by atoms with Crippen molar-refractivity contribution in [1.82, 2.24) is 0 Å². The molecule has 0 heterocycles. The molecule has 1 N–H and O–H groups in total. The van der Waals surface area contributed by atoms with Crippen LogP contribution < -0.4 is 0 Å². The van der Waals surface area contributed by atoms with Crippen molar-refractivity contribution >= 4 is 0 Å². The first-order valence-electron chi connectivity index (χ1n) is 3.73. The first-order chi connectivity index (χ1) is 5.08. The van der Waals surface area contributed by atoms with E-state index in [9.17, 15) is 0 Å². The Morgan fingerprint density at radius 2 is 2.18 bits per heavy atom. The van der Waals surface area contributed by atoms with Crippen molar-refractivity contribution in [1.29, 1.82) is 0 Å². The molecular formula is C7H15N3O. The van der Waals surface area contributed by atoms with Crippen LogP contribution in [-0.2, 0) is 0 Å². The number of azide groups is 1. The lowest BCUT2D eigenvalue weighted by Gasteiger charge is -2.28. The third-order valence-corrected chi connectivity index (χ3v) is 2.18. The van der Waals surface area contributed by atoms with Gasteiger partial charge >= 0.3 is 0 Å². The van der Waals surface area contributed by atoms with Gasteiger partial charge in [0.25, 0.3) is 0 Å². The number of rotatable bonds is 4. The molecule has 0 radical (unpaired) electrons. The van der Waals surface area contributed by atoms with Gasteiger partial charge in [-0.05, 0) is 10.9 Å². The second kappa shape index (κ2) is 4.21. The fourth-order valence-electron chi connectivity index (χ4n) is 0.738. The maximum absolute atomic E-state index is 8.86. The summed E-state index contributed by atoms with van der Waals surface area (Å²) in [5, 5.41) is 12.4. The molecule has 0 aromatic rings. The van der Waals surface area contributed by atoms with Crippen molar-refractivity contribution in [2.75, 3.05) is 6.61 Å². The summed E-state index contributed by atoms with van der Waals surface area (Å²) in [4.78, 5) is 2.69. The molecule has 1 unspecified atom stereocenters. The highest BCUT2D eigenvalue weighted by molar-refractivity contribution is 4.82. The van der Waals surface area contributed by atoms with Crippen molar-refractivity contribution in [3.63, 3.8) is 0 Å². The van der Waals surface area contributed by atoms with Gasteiger partial charge in [-0.25, -0.2) is 0 Å². The summed E-state index contributed by atoms with van der Waals surface area (Å²) in [6, 6.07) is -0.308. The molecule has 0 rings (SSSR count). The van der Waals surface area contributed by atoms with E-state index in [-0.39, 0.29) is 18.1 Å². The number of nitrogens with zero attached hydrogens (tertiary/aromatic N) is 3. The van der Waals surface area contributed by atoms with Crippen molar-refractivity contribution in [3.05, 3.63) is 10.4 Å². The van der Waals surface area contributed by atoms with Crippen molar-refractivity contribution in [3.8, 4) is 0 Å². The van der Waals surface area contributed by atoms with E-state index in [2.05, 4.69) is 10.0 Å². The maximum Gasteiger partial charge on any atom is 0.0656 e.